The molecule has 0 atom stereocenters. The highest BCUT2D eigenvalue weighted by atomic mass is 16.3. The van der Waals surface area contributed by atoms with Crippen LogP contribution in [-0.4, -0.2) is 14.6 Å². The number of furan rings is 1. The molecule has 0 bridgehead atoms. The lowest BCUT2D eigenvalue weighted by atomic mass is 9.90. The molecule has 0 saturated heterocycles. The normalized spacial score (nSPS) is 11.7. The van der Waals surface area contributed by atoms with Gasteiger partial charge in [0, 0.05) is 32.7 Å². The van der Waals surface area contributed by atoms with Crippen LogP contribution in [0.2, 0.25) is 0 Å². The first-order valence-electron chi connectivity index (χ1n) is 20.3. The summed E-state index contributed by atoms with van der Waals surface area (Å²) in [5.41, 5.74) is 16.1. The van der Waals surface area contributed by atoms with Crippen molar-refractivity contribution in [3.63, 3.8) is 0 Å². The molecule has 3 aromatic heterocycles. The van der Waals surface area contributed by atoms with Gasteiger partial charge in [0.2, 0.25) is 0 Å². The number of hydrogen-bond acceptors (Lipinski definition) is 3. The Morgan fingerprint density at radius 2 is 0.817 bits per heavy atom. The Morgan fingerprint density at radius 3 is 1.50 bits per heavy atom. The molecule has 280 valence electrons. The lowest BCUT2D eigenvalue weighted by Crippen LogP contribution is -1.94. The van der Waals surface area contributed by atoms with Crippen molar-refractivity contribution in [2.75, 3.05) is 0 Å². The van der Waals surface area contributed by atoms with Gasteiger partial charge in [-0.2, -0.15) is 0 Å². The van der Waals surface area contributed by atoms with E-state index in [-0.39, 0.29) is 0 Å². The third-order valence-corrected chi connectivity index (χ3v) is 11.9. The van der Waals surface area contributed by atoms with Crippen LogP contribution in [0.25, 0.3) is 116 Å². The largest absolute Gasteiger partial charge is 0.455 e. The zero-order valence-corrected chi connectivity index (χ0v) is 32.5. The fourth-order valence-corrected chi connectivity index (χ4v) is 9.11. The molecule has 0 fully saturated rings. The molecule has 0 aliphatic heterocycles. The van der Waals surface area contributed by atoms with Gasteiger partial charge in [-0.15, -0.1) is 10.2 Å². The third-order valence-electron chi connectivity index (χ3n) is 11.9. The topological polar surface area (TPSA) is 43.3 Å². The van der Waals surface area contributed by atoms with Gasteiger partial charge in [-0.3, -0.25) is 4.40 Å². The number of para-hydroxylation sites is 1. The summed E-state index contributed by atoms with van der Waals surface area (Å²) in [5.74, 6) is 0.807. The summed E-state index contributed by atoms with van der Waals surface area (Å²) in [7, 11) is 0. The Kier molecular flexibility index (Phi) is 7.82. The second-order valence-corrected chi connectivity index (χ2v) is 15.4. The van der Waals surface area contributed by atoms with Gasteiger partial charge < -0.3 is 4.42 Å². The summed E-state index contributed by atoms with van der Waals surface area (Å²) in [4.78, 5) is 0. The molecule has 12 rings (SSSR count). The molecule has 60 heavy (non-hydrogen) atoms. The minimum Gasteiger partial charge on any atom is -0.455 e. The van der Waals surface area contributed by atoms with Crippen LogP contribution in [0.4, 0.5) is 0 Å². The fraction of sp³-hybridized carbons (Fsp3) is 0. The molecule has 0 amide bonds. The molecule has 3 heterocycles. The summed E-state index contributed by atoms with van der Waals surface area (Å²) in [6.07, 6.45) is 0. The Balaban J connectivity index is 1.06. The van der Waals surface area contributed by atoms with Crippen LogP contribution in [0, 0.1) is 0 Å². The van der Waals surface area contributed by atoms with Crippen LogP contribution in [0.1, 0.15) is 0 Å². The molecule has 4 nitrogen and oxygen atoms in total. The minimum atomic E-state index is 0.807. The van der Waals surface area contributed by atoms with E-state index in [1.54, 1.807) is 0 Å². The summed E-state index contributed by atoms with van der Waals surface area (Å²) in [5, 5.41) is 15.1. The number of rotatable bonds is 6. The lowest BCUT2D eigenvalue weighted by Gasteiger charge is -2.13. The van der Waals surface area contributed by atoms with Crippen molar-refractivity contribution in [3.8, 4) is 67.0 Å². The van der Waals surface area contributed by atoms with E-state index < -0.39 is 0 Å². The standard InChI is InChI=1S/C56H35N3O/c1-3-15-36(16-4-1)42-19-7-9-21-44(42)40-31-32-53-50(33-40)51-35-41(45-22-10-8-20-43(45)37-17-5-2-6-18-37)34-49(54(51)60-53)38-27-29-39(30-28-38)55-57-58-56-48-25-12-11-23-46(48)47-24-13-14-26-52(47)59(55)56/h1-35H. The monoisotopic (exact) mass is 765 g/mol. The fourth-order valence-electron chi connectivity index (χ4n) is 9.11. The first-order valence-corrected chi connectivity index (χ1v) is 20.3. The van der Waals surface area contributed by atoms with Gasteiger partial charge in [0.25, 0.3) is 0 Å². The first-order chi connectivity index (χ1) is 29.8. The maximum atomic E-state index is 6.87. The predicted molar refractivity (Wildman–Crippen MR) is 248 cm³/mol. The van der Waals surface area contributed by atoms with Crippen molar-refractivity contribution >= 4 is 49.3 Å². The molecule has 0 aliphatic rings. The van der Waals surface area contributed by atoms with Crippen LogP contribution in [0.5, 0.6) is 0 Å². The maximum Gasteiger partial charge on any atom is 0.169 e. The second kappa shape index (κ2) is 13.8. The van der Waals surface area contributed by atoms with Gasteiger partial charge in [-0.25, -0.2) is 0 Å². The molecular weight excluding hydrogens is 731 g/mol. The zero-order chi connectivity index (χ0) is 39.6. The van der Waals surface area contributed by atoms with Gasteiger partial charge in [0.05, 0.1) is 5.52 Å². The van der Waals surface area contributed by atoms with Crippen LogP contribution < -0.4 is 0 Å². The zero-order valence-electron chi connectivity index (χ0n) is 32.5. The van der Waals surface area contributed by atoms with Gasteiger partial charge in [-0.1, -0.05) is 182 Å². The minimum absolute atomic E-state index is 0.807. The van der Waals surface area contributed by atoms with Crippen LogP contribution in [-0.2, 0) is 0 Å². The molecule has 0 unspecified atom stereocenters. The number of nitrogens with zero attached hydrogens (tertiary/aromatic N) is 3. The van der Waals surface area contributed by atoms with Gasteiger partial charge in [0.1, 0.15) is 11.2 Å². The van der Waals surface area contributed by atoms with Crippen molar-refractivity contribution in [3.05, 3.63) is 212 Å². The molecule has 0 saturated carbocycles. The van der Waals surface area contributed by atoms with Crippen molar-refractivity contribution in [1.29, 1.82) is 0 Å². The lowest BCUT2D eigenvalue weighted by molar-refractivity contribution is 0.670. The quantitative estimate of drug-likeness (QED) is 0.158. The molecule has 0 radical (unpaired) electrons. The van der Waals surface area contributed by atoms with Crippen molar-refractivity contribution in [2.24, 2.45) is 0 Å². The van der Waals surface area contributed by atoms with E-state index in [1.165, 1.54) is 38.6 Å². The predicted octanol–water partition coefficient (Wildman–Crippen LogP) is 14.9. The van der Waals surface area contributed by atoms with Gasteiger partial charge in [-0.05, 0) is 85.8 Å². The SMILES string of the molecule is c1ccc(-c2ccccc2-c2ccc3oc4c(-c5ccc(-c6nnc7c8ccccc8c8ccccc8n67)cc5)cc(-c5ccccc5-c5ccccc5)cc4c3c2)cc1. The smallest absolute Gasteiger partial charge is 0.169 e. The highest BCUT2D eigenvalue weighted by Crippen LogP contribution is 2.44. The summed E-state index contributed by atoms with van der Waals surface area (Å²) in [6, 6.07) is 75.4. The second-order valence-electron chi connectivity index (χ2n) is 15.4. The highest BCUT2D eigenvalue weighted by Gasteiger charge is 2.20. The van der Waals surface area contributed by atoms with Crippen molar-refractivity contribution < 1.29 is 4.42 Å². The molecular formula is C56H35N3O. The molecule has 0 aliphatic carbocycles. The number of hydrogen-bond donors (Lipinski definition) is 0. The molecule has 0 N–H and O–H groups in total. The number of pyridine rings is 1. The Morgan fingerprint density at radius 1 is 0.317 bits per heavy atom. The van der Waals surface area contributed by atoms with Gasteiger partial charge >= 0.3 is 0 Å². The Labute approximate surface area is 346 Å². The van der Waals surface area contributed by atoms with E-state index in [1.807, 2.05) is 0 Å². The van der Waals surface area contributed by atoms with Gasteiger partial charge in [0.15, 0.2) is 11.5 Å². The average molecular weight is 766 g/mol. The van der Waals surface area contributed by atoms with Crippen LogP contribution in [0.3, 0.4) is 0 Å². The van der Waals surface area contributed by atoms with Crippen molar-refractivity contribution in [2.45, 2.75) is 0 Å². The van der Waals surface area contributed by atoms with Crippen LogP contribution >= 0.6 is 0 Å². The molecule has 4 heteroatoms. The third kappa shape index (κ3) is 5.46. The van der Waals surface area contributed by atoms with E-state index in [0.717, 1.165) is 77.7 Å². The summed E-state index contributed by atoms with van der Waals surface area (Å²) in [6.45, 7) is 0. The average Bonchev–Trinajstić information content (AvgIpc) is 3.95. The number of fused-ring (bicyclic) bond motifs is 9. The van der Waals surface area contributed by atoms with E-state index in [0.29, 0.717) is 0 Å². The molecule has 12 aromatic rings. The maximum absolute atomic E-state index is 6.87. The number of aromatic nitrogens is 3. The van der Waals surface area contributed by atoms with Crippen molar-refractivity contribution in [1.82, 2.24) is 14.6 Å². The molecule has 0 spiro atoms. The Hall–Kier alpha value is -8.08. The molecule has 9 aromatic carbocycles. The summed E-state index contributed by atoms with van der Waals surface area (Å²) < 4.78 is 9.07. The van der Waals surface area contributed by atoms with Crippen LogP contribution in [0.15, 0.2) is 217 Å². The van der Waals surface area contributed by atoms with E-state index in [4.69, 9.17) is 14.6 Å². The van der Waals surface area contributed by atoms with E-state index in [2.05, 4.69) is 217 Å². The van der Waals surface area contributed by atoms with E-state index in [9.17, 15) is 0 Å². The Bertz CT molecular complexity index is 3580. The first kappa shape index (κ1) is 34.0. The summed E-state index contributed by atoms with van der Waals surface area (Å²) >= 11 is 0. The van der Waals surface area contributed by atoms with E-state index >= 15 is 0 Å². The highest BCUT2D eigenvalue weighted by molar-refractivity contribution is 6.14. The number of benzene rings is 9.